The lowest BCUT2D eigenvalue weighted by atomic mass is 10.1. The zero-order chi connectivity index (χ0) is 15.3. The van der Waals surface area contributed by atoms with Crippen molar-refractivity contribution in [3.05, 3.63) is 59.7 Å². The zero-order valence-electron chi connectivity index (χ0n) is 11.7. The first-order valence-electron chi connectivity index (χ1n) is 6.61. The van der Waals surface area contributed by atoms with Gasteiger partial charge in [0, 0.05) is 6.54 Å². The van der Waals surface area contributed by atoms with Crippen molar-refractivity contribution < 1.29 is 8.42 Å². The molecule has 0 aliphatic heterocycles. The number of benzene rings is 2. The molecular weight excluding hydrogens is 284 g/mol. The van der Waals surface area contributed by atoms with Gasteiger partial charge in [0.1, 0.15) is 0 Å². The van der Waals surface area contributed by atoms with Crippen LogP contribution in [0.5, 0.6) is 0 Å². The van der Waals surface area contributed by atoms with Gasteiger partial charge in [-0.3, -0.25) is 0 Å². The Morgan fingerprint density at radius 1 is 1.14 bits per heavy atom. The third-order valence-electron chi connectivity index (χ3n) is 3.14. The lowest BCUT2D eigenvalue weighted by Gasteiger charge is -2.12. The Kier molecular flexibility index (Phi) is 4.61. The van der Waals surface area contributed by atoms with Gasteiger partial charge in [0.15, 0.2) is 9.84 Å². The van der Waals surface area contributed by atoms with Crippen molar-refractivity contribution in [1.82, 2.24) is 0 Å². The van der Waals surface area contributed by atoms with Crippen LogP contribution in [0, 0.1) is 11.3 Å². The molecule has 2 aromatic rings. The molecule has 2 aromatic carbocycles. The summed E-state index contributed by atoms with van der Waals surface area (Å²) in [6, 6.07) is 16.2. The van der Waals surface area contributed by atoms with Gasteiger partial charge in [0.25, 0.3) is 0 Å². The summed E-state index contributed by atoms with van der Waals surface area (Å²) in [6.45, 7) is 2.09. The molecular formula is C16H16N2O2S. The summed E-state index contributed by atoms with van der Waals surface area (Å²) in [5, 5.41) is 12.0. The summed E-state index contributed by atoms with van der Waals surface area (Å²) >= 11 is 0. The first-order chi connectivity index (χ1) is 10.1. The molecule has 0 spiro atoms. The molecule has 5 heteroatoms. The highest BCUT2D eigenvalue weighted by Crippen LogP contribution is 2.22. The van der Waals surface area contributed by atoms with E-state index in [2.05, 4.69) is 11.4 Å². The van der Waals surface area contributed by atoms with Gasteiger partial charge in [-0.15, -0.1) is 0 Å². The van der Waals surface area contributed by atoms with Gasteiger partial charge < -0.3 is 5.32 Å². The molecule has 0 saturated carbocycles. The van der Waals surface area contributed by atoms with Crippen molar-refractivity contribution in [2.24, 2.45) is 0 Å². The topological polar surface area (TPSA) is 70.0 Å². The van der Waals surface area contributed by atoms with Crippen LogP contribution in [-0.4, -0.2) is 14.2 Å². The summed E-state index contributed by atoms with van der Waals surface area (Å²) in [4.78, 5) is 0.309. The number of nitrogens with zero attached hydrogens (tertiary/aromatic N) is 1. The Hall–Kier alpha value is -2.32. The lowest BCUT2D eigenvalue weighted by molar-refractivity contribution is 0.597. The molecule has 0 bridgehead atoms. The Morgan fingerprint density at radius 2 is 1.90 bits per heavy atom. The second-order valence-electron chi connectivity index (χ2n) is 4.57. The molecule has 0 fully saturated rings. The minimum absolute atomic E-state index is 0.0651. The number of hydrogen-bond donors (Lipinski definition) is 1. The molecule has 0 aliphatic rings. The molecule has 0 heterocycles. The standard InChI is InChI=1S/C16H16N2O2S/c1-2-21(19,20)16-9-4-3-8-15(16)18-12-14-7-5-6-13(10-14)11-17/h3-10,18H,2,12H2,1H3. The minimum Gasteiger partial charge on any atom is -0.380 e. The Labute approximate surface area is 125 Å². The number of sulfone groups is 1. The highest BCUT2D eigenvalue weighted by atomic mass is 32.2. The third-order valence-corrected chi connectivity index (χ3v) is 4.93. The maximum Gasteiger partial charge on any atom is 0.180 e. The van der Waals surface area contributed by atoms with Gasteiger partial charge in [-0.2, -0.15) is 5.26 Å². The maximum absolute atomic E-state index is 12.1. The van der Waals surface area contributed by atoms with E-state index in [0.29, 0.717) is 22.7 Å². The smallest absolute Gasteiger partial charge is 0.180 e. The number of para-hydroxylation sites is 1. The molecule has 4 nitrogen and oxygen atoms in total. The number of rotatable bonds is 5. The van der Waals surface area contributed by atoms with Crippen LogP contribution in [0.2, 0.25) is 0 Å². The largest absolute Gasteiger partial charge is 0.380 e. The van der Waals surface area contributed by atoms with Crippen LogP contribution in [0.15, 0.2) is 53.4 Å². The summed E-state index contributed by atoms with van der Waals surface area (Å²) in [5.74, 6) is 0.0651. The first-order valence-corrected chi connectivity index (χ1v) is 8.26. The fraction of sp³-hybridized carbons (Fsp3) is 0.188. The highest BCUT2D eigenvalue weighted by molar-refractivity contribution is 7.91. The van der Waals surface area contributed by atoms with Gasteiger partial charge in [-0.25, -0.2) is 8.42 Å². The highest BCUT2D eigenvalue weighted by Gasteiger charge is 2.15. The van der Waals surface area contributed by atoms with Crippen molar-refractivity contribution in [3.8, 4) is 6.07 Å². The molecule has 2 rings (SSSR count). The Morgan fingerprint density at radius 3 is 2.62 bits per heavy atom. The van der Waals surface area contributed by atoms with Crippen molar-refractivity contribution in [2.45, 2.75) is 18.4 Å². The summed E-state index contributed by atoms with van der Waals surface area (Å²) in [7, 11) is -3.26. The van der Waals surface area contributed by atoms with Crippen LogP contribution in [0.25, 0.3) is 0 Å². The van der Waals surface area contributed by atoms with E-state index in [1.165, 1.54) is 0 Å². The summed E-state index contributed by atoms with van der Waals surface area (Å²) < 4.78 is 24.1. The molecule has 0 saturated heterocycles. The Bertz CT molecular complexity index is 777. The van der Waals surface area contributed by atoms with Gasteiger partial charge in [0.05, 0.1) is 28.0 Å². The van der Waals surface area contributed by atoms with E-state index >= 15 is 0 Å². The van der Waals surface area contributed by atoms with Crippen molar-refractivity contribution in [3.63, 3.8) is 0 Å². The predicted molar refractivity (Wildman–Crippen MR) is 82.7 cm³/mol. The van der Waals surface area contributed by atoms with E-state index in [1.54, 1.807) is 43.3 Å². The number of nitrogens with one attached hydrogen (secondary N) is 1. The quantitative estimate of drug-likeness (QED) is 0.921. The van der Waals surface area contributed by atoms with E-state index in [-0.39, 0.29) is 5.75 Å². The van der Waals surface area contributed by atoms with Crippen LogP contribution in [0.1, 0.15) is 18.1 Å². The molecule has 0 amide bonds. The fourth-order valence-corrected chi connectivity index (χ4v) is 3.06. The van der Waals surface area contributed by atoms with Crippen molar-refractivity contribution in [1.29, 1.82) is 5.26 Å². The summed E-state index contributed by atoms with van der Waals surface area (Å²) in [5.41, 5.74) is 2.10. The predicted octanol–water partition coefficient (Wildman–Crippen LogP) is 2.96. The second-order valence-corrected chi connectivity index (χ2v) is 6.81. The maximum atomic E-state index is 12.1. The number of anilines is 1. The zero-order valence-corrected chi connectivity index (χ0v) is 12.5. The third kappa shape index (κ3) is 3.61. The van der Waals surface area contributed by atoms with Gasteiger partial charge in [-0.05, 0) is 29.8 Å². The normalized spacial score (nSPS) is 10.9. The Balaban J connectivity index is 2.23. The summed E-state index contributed by atoms with van der Waals surface area (Å²) in [6.07, 6.45) is 0. The first kappa shape index (κ1) is 15.1. The van der Waals surface area contributed by atoms with Crippen molar-refractivity contribution >= 4 is 15.5 Å². The monoisotopic (exact) mass is 300 g/mol. The number of nitriles is 1. The molecule has 0 aliphatic carbocycles. The fourth-order valence-electron chi connectivity index (χ4n) is 1.99. The van der Waals surface area contributed by atoms with Crippen LogP contribution in [0.4, 0.5) is 5.69 Å². The SMILES string of the molecule is CCS(=O)(=O)c1ccccc1NCc1cccc(C#N)c1. The van der Waals surface area contributed by atoms with Crippen LogP contribution in [0.3, 0.4) is 0 Å². The average molecular weight is 300 g/mol. The second kappa shape index (κ2) is 6.42. The molecule has 0 atom stereocenters. The molecule has 108 valence electrons. The molecule has 0 unspecified atom stereocenters. The van der Waals surface area contributed by atoms with E-state index in [0.717, 1.165) is 5.56 Å². The molecule has 0 aromatic heterocycles. The van der Waals surface area contributed by atoms with E-state index in [9.17, 15) is 8.42 Å². The van der Waals surface area contributed by atoms with Gasteiger partial charge in [-0.1, -0.05) is 31.2 Å². The minimum atomic E-state index is -3.26. The molecule has 0 radical (unpaired) electrons. The van der Waals surface area contributed by atoms with Gasteiger partial charge in [0.2, 0.25) is 0 Å². The van der Waals surface area contributed by atoms with Crippen molar-refractivity contribution in [2.75, 3.05) is 11.1 Å². The van der Waals surface area contributed by atoms with Crippen LogP contribution < -0.4 is 5.32 Å². The molecule has 1 N–H and O–H groups in total. The van der Waals surface area contributed by atoms with E-state index in [4.69, 9.17) is 5.26 Å². The lowest BCUT2D eigenvalue weighted by Crippen LogP contribution is -2.09. The van der Waals surface area contributed by atoms with Gasteiger partial charge >= 0.3 is 0 Å². The van der Waals surface area contributed by atoms with E-state index < -0.39 is 9.84 Å². The van der Waals surface area contributed by atoms with Crippen LogP contribution >= 0.6 is 0 Å². The van der Waals surface area contributed by atoms with E-state index in [1.807, 2.05) is 12.1 Å². The van der Waals surface area contributed by atoms with Crippen LogP contribution in [-0.2, 0) is 16.4 Å². The number of hydrogen-bond acceptors (Lipinski definition) is 4. The molecule has 21 heavy (non-hydrogen) atoms. The average Bonchev–Trinajstić information content (AvgIpc) is 2.53.